The zero-order valence-electron chi connectivity index (χ0n) is 18.5. The fourth-order valence-electron chi connectivity index (χ4n) is 3.64. The van der Waals surface area contributed by atoms with Gasteiger partial charge in [-0.05, 0) is 73.5 Å². The Morgan fingerprint density at radius 2 is 1.58 bits per heavy atom. The summed E-state index contributed by atoms with van der Waals surface area (Å²) < 4.78 is 10.7. The van der Waals surface area contributed by atoms with E-state index >= 15 is 0 Å². The summed E-state index contributed by atoms with van der Waals surface area (Å²) in [5.41, 5.74) is 2.95. The first-order chi connectivity index (χ1) is 15.9. The average molecular weight is 463 g/mol. The Kier molecular flexibility index (Phi) is 6.38. The van der Waals surface area contributed by atoms with E-state index in [2.05, 4.69) is 5.32 Å². The topological polar surface area (TPSA) is 67.9 Å². The standard InChI is InChI=1S/C26H23ClN2O4/c1-4-33-20-14-10-18(11-15-20)29-25(30)23(17-8-12-19(32-3)13-9-17)24(26(29)31)28-22-7-5-6-21(27)16(22)2/h5-15,28H,4H2,1-3H3. The molecule has 0 atom stereocenters. The summed E-state index contributed by atoms with van der Waals surface area (Å²) in [5.74, 6) is 0.446. The smallest absolute Gasteiger partial charge is 0.282 e. The number of hydrogen-bond donors (Lipinski definition) is 1. The van der Waals surface area contributed by atoms with Crippen LogP contribution in [0.3, 0.4) is 0 Å². The third kappa shape index (κ3) is 4.30. The molecular formula is C26H23ClN2O4. The summed E-state index contributed by atoms with van der Waals surface area (Å²) in [6.45, 7) is 4.27. The van der Waals surface area contributed by atoms with Crippen molar-refractivity contribution in [2.45, 2.75) is 13.8 Å². The fraction of sp³-hybridized carbons (Fsp3) is 0.154. The maximum absolute atomic E-state index is 13.6. The molecule has 0 saturated heterocycles. The number of hydrogen-bond acceptors (Lipinski definition) is 5. The maximum atomic E-state index is 13.6. The van der Waals surface area contributed by atoms with Crippen LogP contribution in [-0.2, 0) is 9.59 Å². The number of imide groups is 1. The van der Waals surface area contributed by atoms with Gasteiger partial charge in [-0.25, -0.2) is 4.90 Å². The number of halogens is 1. The Balaban J connectivity index is 1.79. The van der Waals surface area contributed by atoms with E-state index in [0.717, 1.165) is 10.5 Å². The van der Waals surface area contributed by atoms with Gasteiger partial charge in [-0.1, -0.05) is 29.8 Å². The van der Waals surface area contributed by atoms with Crippen molar-refractivity contribution >= 4 is 40.4 Å². The van der Waals surface area contributed by atoms with Crippen LogP contribution in [0.2, 0.25) is 5.02 Å². The molecule has 0 saturated carbocycles. The summed E-state index contributed by atoms with van der Waals surface area (Å²) in [5, 5.41) is 3.73. The van der Waals surface area contributed by atoms with E-state index in [1.165, 1.54) is 0 Å². The lowest BCUT2D eigenvalue weighted by Gasteiger charge is -2.16. The molecule has 6 nitrogen and oxygen atoms in total. The molecule has 3 aromatic carbocycles. The van der Waals surface area contributed by atoms with E-state index in [9.17, 15) is 9.59 Å². The lowest BCUT2D eigenvalue weighted by Crippen LogP contribution is -2.32. The van der Waals surface area contributed by atoms with Crippen LogP contribution in [0, 0.1) is 6.92 Å². The van der Waals surface area contributed by atoms with Gasteiger partial charge in [0.25, 0.3) is 11.8 Å². The zero-order valence-corrected chi connectivity index (χ0v) is 19.3. The third-order valence-corrected chi connectivity index (χ3v) is 5.81. The number of nitrogens with zero attached hydrogens (tertiary/aromatic N) is 1. The SMILES string of the molecule is CCOc1ccc(N2C(=O)C(Nc3cccc(Cl)c3C)=C(c3ccc(OC)cc3)C2=O)cc1. The number of ether oxygens (including phenoxy) is 2. The first-order valence-electron chi connectivity index (χ1n) is 10.5. The van der Waals surface area contributed by atoms with Crippen molar-refractivity contribution in [1.29, 1.82) is 0 Å². The monoisotopic (exact) mass is 462 g/mol. The quantitative estimate of drug-likeness (QED) is 0.473. The lowest BCUT2D eigenvalue weighted by molar-refractivity contribution is -0.120. The Bertz CT molecular complexity index is 1230. The van der Waals surface area contributed by atoms with Gasteiger partial charge >= 0.3 is 0 Å². The minimum atomic E-state index is -0.450. The van der Waals surface area contributed by atoms with Crippen LogP contribution in [0.4, 0.5) is 11.4 Å². The summed E-state index contributed by atoms with van der Waals surface area (Å²) in [4.78, 5) is 28.2. The number of amides is 2. The van der Waals surface area contributed by atoms with E-state index in [1.54, 1.807) is 67.8 Å². The van der Waals surface area contributed by atoms with Gasteiger partial charge in [-0.3, -0.25) is 9.59 Å². The van der Waals surface area contributed by atoms with Crippen molar-refractivity contribution in [2.24, 2.45) is 0 Å². The number of anilines is 2. The van der Waals surface area contributed by atoms with Crippen molar-refractivity contribution in [1.82, 2.24) is 0 Å². The van der Waals surface area contributed by atoms with Gasteiger partial charge in [0.15, 0.2) is 0 Å². The van der Waals surface area contributed by atoms with Crippen molar-refractivity contribution in [3.05, 3.63) is 88.6 Å². The molecule has 0 unspecified atom stereocenters. The number of benzene rings is 3. The molecular weight excluding hydrogens is 440 g/mol. The second-order valence-corrected chi connectivity index (χ2v) is 7.80. The Hall–Kier alpha value is -3.77. The molecule has 0 radical (unpaired) electrons. The van der Waals surface area contributed by atoms with Gasteiger partial charge in [0.2, 0.25) is 0 Å². The molecule has 168 valence electrons. The van der Waals surface area contributed by atoms with Crippen LogP contribution in [0.5, 0.6) is 11.5 Å². The average Bonchev–Trinajstić information content (AvgIpc) is 3.07. The summed E-state index contributed by atoms with van der Waals surface area (Å²) in [7, 11) is 1.57. The van der Waals surface area contributed by atoms with E-state index < -0.39 is 11.8 Å². The molecule has 3 aromatic rings. The highest BCUT2D eigenvalue weighted by Gasteiger charge is 2.40. The van der Waals surface area contributed by atoms with Crippen LogP contribution < -0.4 is 19.7 Å². The van der Waals surface area contributed by atoms with Gasteiger partial charge in [-0.15, -0.1) is 0 Å². The second kappa shape index (κ2) is 9.38. The van der Waals surface area contributed by atoms with Crippen molar-refractivity contribution in [3.8, 4) is 11.5 Å². The third-order valence-electron chi connectivity index (χ3n) is 5.40. The fourth-order valence-corrected chi connectivity index (χ4v) is 3.82. The highest BCUT2D eigenvalue weighted by atomic mass is 35.5. The highest BCUT2D eigenvalue weighted by Crippen LogP contribution is 2.36. The van der Waals surface area contributed by atoms with Crippen LogP contribution >= 0.6 is 11.6 Å². The molecule has 1 heterocycles. The molecule has 1 N–H and O–H groups in total. The molecule has 33 heavy (non-hydrogen) atoms. The number of methoxy groups -OCH3 is 1. The molecule has 0 aliphatic carbocycles. The van der Waals surface area contributed by atoms with Crippen molar-refractivity contribution < 1.29 is 19.1 Å². The molecule has 0 fully saturated rings. The molecule has 0 bridgehead atoms. The van der Waals surface area contributed by atoms with E-state index in [0.29, 0.717) is 40.1 Å². The number of nitrogens with one attached hydrogen (secondary N) is 1. The van der Waals surface area contributed by atoms with Gasteiger partial charge in [-0.2, -0.15) is 0 Å². The summed E-state index contributed by atoms with van der Waals surface area (Å²) in [6, 6.07) is 19.3. The lowest BCUT2D eigenvalue weighted by atomic mass is 10.0. The summed E-state index contributed by atoms with van der Waals surface area (Å²) in [6.07, 6.45) is 0. The second-order valence-electron chi connectivity index (χ2n) is 7.39. The van der Waals surface area contributed by atoms with Gasteiger partial charge in [0.1, 0.15) is 17.2 Å². The van der Waals surface area contributed by atoms with Crippen LogP contribution in [0.15, 0.2) is 72.4 Å². The Labute approximate surface area is 197 Å². The minimum Gasteiger partial charge on any atom is -0.497 e. The van der Waals surface area contributed by atoms with Crippen molar-refractivity contribution in [2.75, 3.05) is 23.9 Å². The number of carbonyl (C=O) groups excluding carboxylic acids is 2. The molecule has 0 spiro atoms. The van der Waals surface area contributed by atoms with Crippen LogP contribution in [-0.4, -0.2) is 25.5 Å². The van der Waals surface area contributed by atoms with Crippen LogP contribution in [0.1, 0.15) is 18.1 Å². The zero-order chi connectivity index (χ0) is 23.5. The molecule has 1 aliphatic rings. The minimum absolute atomic E-state index is 0.185. The highest BCUT2D eigenvalue weighted by molar-refractivity contribution is 6.46. The predicted octanol–water partition coefficient (Wildman–Crippen LogP) is 5.45. The summed E-state index contributed by atoms with van der Waals surface area (Å²) >= 11 is 6.27. The maximum Gasteiger partial charge on any atom is 0.282 e. The van der Waals surface area contributed by atoms with Gasteiger partial charge in [0, 0.05) is 10.7 Å². The number of carbonyl (C=O) groups is 2. The van der Waals surface area contributed by atoms with Gasteiger partial charge < -0.3 is 14.8 Å². The first kappa shape index (κ1) is 22.4. The molecule has 4 rings (SSSR count). The van der Waals surface area contributed by atoms with Crippen LogP contribution in [0.25, 0.3) is 5.57 Å². The van der Waals surface area contributed by atoms with Crippen molar-refractivity contribution in [3.63, 3.8) is 0 Å². The predicted molar refractivity (Wildman–Crippen MR) is 130 cm³/mol. The first-order valence-corrected chi connectivity index (χ1v) is 10.8. The largest absolute Gasteiger partial charge is 0.497 e. The van der Waals surface area contributed by atoms with E-state index in [1.807, 2.05) is 19.9 Å². The molecule has 1 aliphatic heterocycles. The molecule has 0 aromatic heterocycles. The number of rotatable bonds is 7. The van der Waals surface area contributed by atoms with E-state index in [-0.39, 0.29) is 11.3 Å². The molecule has 2 amide bonds. The Morgan fingerprint density at radius 1 is 0.909 bits per heavy atom. The van der Waals surface area contributed by atoms with Gasteiger partial charge in [0.05, 0.1) is 25.0 Å². The molecule has 7 heteroatoms. The normalized spacial score (nSPS) is 13.5. The van der Waals surface area contributed by atoms with E-state index in [4.69, 9.17) is 21.1 Å². The Morgan fingerprint density at radius 3 is 2.21 bits per heavy atom.